The van der Waals surface area contributed by atoms with Crippen molar-refractivity contribution in [3.05, 3.63) is 54.1 Å². The zero-order chi connectivity index (χ0) is 18.2. The standard InChI is InChI=1S/C19H22N2O4/c1-13-5-4-6-16(11-13)20-18(22)12-25-14(2)19(23)21-15-7-9-17(24-3)10-8-15/h4-11,14H,12H2,1-3H3,(H,20,22)(H,21,23). The first-order chi connectivity index (χ1) is 12.0. The first-order valence-corrected chi connectivity index (χ1v) is 7.91. The van der Waals surface area contributed by atoms with Crippen LogP contribution < -0.4 is 15.4 Å². The van der Waals surface area contributed by atoms with Crippen molar-refractivity contribution in [3.63, 3.8) is 0 Å². The Balaban J connectivity index is 1.79. The van der Waals surface area contributed by atoms with E-state index >= 15 is 0 Å². The molecule has 0 saturated heterocycles. The van der Waals surface area contributed by atoms with E-state index in [-0.39, 0.29) is 18.4 Å². The second kappa shape index (κ2) is 8.84. The topological polar surface area (TPSA) is 76.7 Å². The lowest BCUT2D eigenvalue weighted by molar-refractivity contribution is -0.131. The van der Waals surface area contributed by atoms with Gasteiger partial charge in [0, 0.05) is 11.4 Å². The zero-order valence-corrected chi connectivity index (χ0v) is 14.5. The van der Waals surface area contributed by atoms with Crippen LogP contribution in [0.15, 0.2) is 48.5 Å². The highest BCUT2D eigenvalue weighted by atomic mass is 16.5. The summed E-state index contributed by atoms with van der Waals surface area (Å²) in [7, 11) is 1.57. The number of aryl methyl sites for hydroxylation is 1. The summed E-state index contributed by atoms with van der Waals surface area (Å²) in [5.74, 6) is 0.0679. The number of ether oxygens (including phenoxy) is 2. The highest BCUT2D eigenvalue weighted by Crippen LogP contribution is 2.15. The Morgan fingerprint density at radius 3 is 2.40 bits per heavy atom. The predicted molar refractivity (Wildman–Crippen MR) is 96.8 cm³/mol. The van der Waals surface area contributed by atoms with Crippen molar-refractivity contribution in [1.29, 1.82) is 0 Å². The Morgan fingerprint density at radius 1 is 1.04 bits per heavy atom. The van der Waals surface area contributed by atoms with Crippen LogP contribution in [0.5, 0.6) is 5.75 Å². The Kier molecular flexibility index (Phi) is 6.54. The molecule has 0 aromatic heterocycles. The van der Waals surface area contributed by atoms with Crippen LogP contribution in [0.25, 0.3) is 0 Å². The van der Waals surface area contributed by atoms with Gasteiger partial charge in [0.15, 0.2) is 0 Å². The lowest BCUT2D eigenvalue weighted by Crippen LogP contribution is -2.31. The van der Waals surface area contributed by atoms with Gasteiger partial charge >= 0.3 is 0 Å². The van der Waals surface area contributed by atoms with Gasteiger partial charge in [0.2, 0.25) is 5.91 Å². The molecule has 0 radical (unpaired) electrons. The molecule has 0 aliphatic heterocycles. The molecule has 1 unspecified atom stereocenters. The molecule has 0 aliphatic rings. The van der Waals surface area contributed by atoms with E-state index in [2.05, 4.69) is 10.6 Å². The number of anilines is 2. The van der Waals surface area contributed by atoms with Crippen molar-refractivity contribution >= 4 is 23.2 Å². The largest absolute Gasteiger partial charge is 0.497 e. The molecule has 0 heterocycles. The van der Waals surface area contributed by atoms with Crippen LogP contribution >= 0.6 is 0 Å². The first kappa shape index (κ1) is 18.5. The van der Waals surface area contributed by atoms with Gasteiger partial charge in [0.05, 0.1) is 7.11 Å². The molecule has 2 N–H and O–H groups in total. The highest BCUT2D eigenvalue weighted by molar-refractivity contribution is 5.95. The molecule has 0 bridgehead atoms. The summed E-state index contributed by atoms with van der Waals surface area (Å²) in [6, 6.07) is 14.4. The van der Waals surface area contributed by atoms with Gasteiger partial charge in [-0.05, 0) is 55.8 Å². The maximum absolute atomic E-state index is 12.1. The third kappa shape index (κ3) is 5.93. The number of hydrogen-bond acceptors (Lipinski definition) is 4. The molecule has 6 heteroatoms. The highest BCUT2D eigenvalue weighted by Gasteiger charge is 2.15. The average molecular weight is 342 g/mol. The number of carbonyl (C=O) groups excluding carboxylic acids is 2. The van der Waals surface area contributed by atoms with Crippen LogP contribution in [-0.2, 0) is 14.3 Å². The Morgan fingerprint density at radius 2 is 1.76 bits per heavy atom. The first-order valence-electron chi connectivity index (χ1n) is 7.91. The number of nitrogens with one attached hydrogen (secondary N) is 2. The van der Waals surface area contributed by atoms with E-state index in [1.165, 1.54) is 0 Å². The minimum atomic E-state index is -0.759. The van der Waals surface area contributed by atoms with E-state index in [0.717, 1.165) is 5.56 Å². The number of benzene rings is 2. The maximum Gasteiger partial charge on any atom is 0.253 e. The third-order valence-electron chi connectivity index (χ3n) is 3.49. The molecular weight excluding hydrogens is 320 g/mol. The Labute approximate surface area is 147 Å². The number of methoxy groups -OCH3 is 1. The lowest BCUT2D eigenvalue weighted by Gasteiger charge is -2.14. The van der Waals surface area contributed by atoms with Crippen LogP contribution in [0.3, 0.4) is 0 Å². The molecule has 2 amide bonds. The molecule has 25 heavy (non-hydrogen) atoms. The van der Waals surface area contributed by atoms with E-state index in [1.807, 2.05) is 25.1 Å². The third-order valence-corrected chi connectivity index (χ3v) is 3.49. The lowest BCUT2D eigenvalue weighted by atomic mass is 10.2. The monoisotopic (exact) mass is 342 g/mol. The summed E-state index contributed by atoms with van der Waals surface area (Å²) in [5.41, 5.74) is 2.38. The van der Waals surface area contributed by atoms with Gasteiger partial charge in [-0.25, -0.2) is 0 Å². The molecule has 2 aromatic rings. The van der Waals surface area contributed by atoms with Gasteiger partial charge in [0.1, 0.15) is 18.5 Å². The quantitative estimate of drug-likeness (QED) is 0.811. The summed E-state index contributed by atoms with van der Waals surface area (Å²) >= 11 is 0. The number of amides is 2. The van der Waals surface area contributed by atoms with Crippen molar-refractivity contribution in [1.82, 2.24) is 0 Å². The minimum Gasteiger partial charge on any atom is -0.497 e. The fraction of sp³-hybridized carbons (Fsp3) is 0.263. The van der Waals surface area contributed by atoms with Gasteiger partial charge in [-0.2, -0.15) is 0 Å². The van der Waals surface area contributed by atoms with Gasteiger partial charge < -0.3 is 20.1 Å². The molecule has 0 saturated carbocycles. The SMILES string of the molecule is COc1ccc(NC(=O)C(C)OCC(=O)Nc2cccc(C)c2)cc1. The van der Waals surface area contributed by atoms with Crippen LogP contribution in [0.1, 0.15) is 12.5 Å². The predicted octanol–water partition coefficient (Wildman–Crippen LogP) is 2.99. The van der Waals surface area contributed by atoms with Crippen LogP contribution in [0.2, 0.25) is 0 Å². The van der Waals surface area contributed by atoms with E-state index in [4.69, 9.17) is 9.47 Å². The number of carbonyl (C=O) groups is 2. The second-order valence-electron chi connectivity index (χ2n) is 5.59. The van der Waals surface area contributed by atoms with Gasteiger partial charge in [0.25, 0.3) is 5.91 Å². The van der Waals surface area contributed by atoms with Crippen LogP contribution in [-0.4, -0.2) is 31.6 Å². The Bertz CT molecular complexity index is 728. The molecule has 2 aromatic carbocycles. The number of hydrogen-bond donors (Lipinski definition) is 2. The molecule has 132 valence electrons. The van der Waals surface area contributed by atoms with Crippen molar-refractivity contribution in [2.24, 2.45) is 0 Å². The summed E-state index contributed by atoms with van der Waals surface area (Å²) in [5, 5.41) is 5.45. The van der Waals surface area contributed by atoms with E-state index in [0.29, 0.717) is 17.1 Å². The summed E-state index contributed by atoms with van der Waals surface area (Å²) in [6.07, 6.45) is -0.759. The summed E-state index contributed by atoms with van der Waals surface area (Å²) < 4.78 is 10.4. The van der Waals surface area contributed by atoms with Crippen molar-refractivity contribution < 1.29 is 19.1 Å². The Hall–Kier alpha value is -2.86. The van der Waals surface area contributed by atoms with Crippen molar-refractivity contribution in [3.8, 4) is 5.75 Å². The van der Waals surface area contributed by atoms with Gasteiger partial charge in [-0.3, -0.25) is 9.59 Å². The molecule has 0 fully saturated rings. The molecule has 0 spiro atoms. The molecule has 6 nitrogen and oxygen atoms in total. The van der Waals surface area contributed by atoms with Crippen molar-refractivity contribution in [2.45, 2.75) is 20.0 Å². The smallest absolute Gasteiger partial charge is 0.253 e. The average Bonchev–Trinajstić information content (AvgIpc) is 2.60. The van der Waals surface area contributed by atoms with Crippen LogP contribution in [0.4, 0.5) is 11.4 Å². The summed E-state index contributed by atoms with van der Waals surface area (Å²) in [6.45, 7) is 3.33. The molecule has 0 aliphatic carbocycles. The van der Waals surface area contributed by atoms with Gasteiger partial charge in [-0.1, -0.05) is 12.1 Å². The van der Waals surface area contributed by atoms with E-state index in [1.54, 1.807) is 44.4 Å². The van der Waals surface area contributed by atoms with Gasteiger partial charge in [-0.15, -0.1) is 0 Å². The van der Waals surface area contributed by atoms with Crippen LogP contribution in [0, 0.1) is 6.92 Å². The normalized spacial score (nSPS) is 11.5. The molecule has 2 rings (SSSR count). The van der Waals surface area contributed by atoms with Crippen molar-refractivity contribution in [2.75, 3.05) is 24.4 Å². The fourth-order valence-corrected chi connectivity index (χ4v) is 2.11. The van der Waals surface area contributed by atoms with E-state index < -0.39 is 6.10 Å². The summed E-state index contributed by atoms with van der Waals surface area (Å²) in [4.78, 5) is 24.0. The number of rotatable bonds is 7. The maximum atomic E-state index is 12.1. The zero-order valence-electron chi connectivity index (χ0n) is 14.5. The fourth-order valence-electron chi connectivity index (χ4n) is 2.11. The van der Waals surface area contributed by atoms with E-state index in [9.17, 15) is 9.59 Å². The second-order valence-corrected chi connectivity index (χ2v) is 5.59. The molecule has 1 atom stereocenters. The minimum absolute atomic E-state index is 0.203. The molecular formula is C19H22N2O4.